The Kier molecular flexibility index (Phi) is 4.34. The SMILES string of the molecule is COC(=O)C1=C2C(=O)NCCN2C2=C(C(=O)CCC2)C1c1ccccc1C. The van der Waals surface area contributed by atoms with Crippen LogP contribution in [0.15, 0.2) is 46.8 Å². The van der Waals surface area contributed by atoms with Crippen LogP contribution in [0.3, 0.4) is 0 Å². The largest absolute Gasteiger partial charge is 0.466 e. The number of rotatable bonds is 2. The van der Waals surface area contributed by atoms with Gasteiger partial charge in [-0.2, -0.15) is 0 Å². The van der Waals surface area contributed by atoms with Crippen LogP contribution in [0.2, 0.25) is 0 Å². The molecule has 1 aliphatic carbocycles. The van der Waals surface area contributed by atoms with E-state index in [-0.39, 0.29) is 17.3 Å². The van der Waals surface area contributed by atoms with Crippen molar-refractivity contribution in [2.45, 2.75) is 32.1 Å². The number of allylic oxidation sites excluding steroid dienone is 2. The van der Waals surface area contributed by atoms with Crippen LogP contribution in [0, 0.1) is 6.92 Å². The van der Waals surface area contributed by atoms with Gasteiger partial charge in [0.1, 0.15) is 5.70 Å². The first-order chi connectivity index (χ1) is 13.0. The Morgan fingerprint density at radius 1 is 1.22 bits per heavy atom. The predicted molar refractivity (Wildman–Crippen MR) is 98.6 cm³/mol. The lowest BCUT2D eigenvalue weighted by Crippen LogP contribution is -2.50. The van der Waals surface area contributed by atoms with Crippen LogP contribution >= 0.6 is 0 Å². The Labute approximate surface area is 157 Å². The summed E-state index contributed by atoms with van der Waals surface area (Å²) < 4.78 is 5.06. The molecule has 0 bridgehead atoms. The number of piperazine rings is 1. The Morgan fingerprint density at radius 3 is 2.74 bits per heavy atom. The number of carbonyl (C=O) groups is 3. The van der Waals surface area contributed by atoms with Crippen molar-refractivity contribution < 1.29 is 19.1 Å². The number of benzene rings is 1. The molecule has 0 saturated carbocycles. The maximum atomic E-state index is 13.0. The molecule has 2 heterocycles. The van der Waals surface area contributed by atoms with E-state index in [1.165, 1.54) is 7.11 Å². The molecule has 1 aromatic carbocycles. The highest BCUT2D eigenvalue weighted by Crippen LogP contribution is 2.47. The van der Waals surface area contributed by atoms with Crippen LogP contribution in [-0.4, -0.2) is 42.8 Å². The molecule has 1 fully saturated rings. The van der Waals surface area contributed by atoms with E-state index >= 15 is 0 Å². The summed E-state index contributed by atoms with van der Waals surface area (Å²) in [6.45, 7) is 2.99. The first-order valence-corrected chi connectivity index (χ1v) is 9.24. The lowest BCUT2D eigenvalue weighted by Gasteiger charge is -2.43. The third-order valence-corrected chi connectivity index (χ3v) is 5.60. The van der Waals surface area contributed by atoms with Gasteiger partial charge in [-0.05, 0) is 30.9 Å². The van der Waals surface area contributed by atoms with Crippen LogP contribution in [0.4, 0.5) is 0 Å². The minimum atomic E-state index is -0.573. The molecule has 1 aromatic rings. The van der Waals surface area contributed by atoms with Gasteiger partial charge in [0.2, 0.25) is 0 Å². The number of esters is 1. The molecule has 1 saturated heterocycles. The van der Waals surface area contributed by atoms with Crippen LogP contribution in [-0.2, 0) is 19.1 Å². The minimum Gasteiger partial charge on any atom is -0.466 e. The number of hydrogen-bond acceptors (Lipinski definition) is 5. The average Bonchev–Trinajstić information content (AvgIpc) is 2.67. The molecular formula is C21H22N2O4. The van der Waals surface area contributed by atoms with E-state index in [0.29, 0.717) is 30.8 Å². The fraction of sp³-hybridized carbons (Fsp3) is 0.381. The summed E-state index contributed by atoms with van der Waals surface area (Å²) in [5, 5.41) is 2.83. The second-order valence-corrected chi connectivity index (χ2v) is 7.09. The van der Waals surface area contributed by atoms with E-state index in [9.17, 15) is 14.4 Å². The molecule has 0 aromatic heterocycles. The Bertz CT molecular complexity index is 913. The number of methoxy groups -OCH3 is 1. The van der Waals surface area contributed by atoms with E-state index in [4.69, 9.17) is 4.74 Å². The second kappa shape index (κ2) is 6.68. The highest BCUT2D eigenvalue weighted by molar-refractivity contribution is 6.09. The van der Waals surface area contributed by atoms with Gasteiger partial charge < -0.3 is 15.0 Å². The summed E-state index contributed by atoms with van der Waals surface area (Å²) in [4.78, 5) is 40.4. The van der Waals surface area contributed by atoms with Gasteiger partial charge in [0.25, 0.3) is 5.91 Å². The number of amides is 1. The van der Waals surface area contributed by atoms with Crippen LogP contribution in [0.1, 0.15) is 36.3 Å². The molecule has 0 radical (unpaired) electrons. The quantitative estimate of drug-likeness (QED) is 0.810. The molecule has 1 N–H and O–H groups in total. The third kappa shape index (κ3) is 2.67. The predicted octanol–water partition coefficient (Wildman–Crippen LogP) is 1.96. The van der Waals surface area contributed by atoms with Gasteiger partial charge in [0.05, 0.1) is 12.7 Å². The molecule has 1 unspecified atom stereocenters. The van der Waals surface area contributed by atoms with Crippen molar-refractivity contribution in [3.05, 3.63) is 57.9 Å². The first kappa shape index (κ1) is 17.5. The normalized spacial score (nSPS) is 22.3. The Hall–Kier alpha value is -2.89. The standard InChI is InChI=1S/C21H22N2O4/c1-12-6-3-4-7-13(12)16-17-14(8-5-9-15(17)24)23-11-10-22-20(25)19(23)18(16)21(26)27-2/h3-4,6-7,16H,5,8-11H2,1-2H3,(H,22,25). The number of aryl methyl sites for hydroxylation is 1. The number of ketones is 1. The molecule has 1 atom stereocenters. The topological polar surface area (TPSA) is 75.7 Å². The molecule has 140 valence electrons. The van der Waals surface area contributed by atoms with Gasteiger partial charge in [-0.25, -0.2) is 4.79 Å². The van der Waals surface area contributed by atoms with Gasteiger partial charge in [0, 0.05) is 36.7 Å². The zero-order chi connectivity index (χ0) is 19.1. The van der Waals surface area contributed by atoms with Gasteiger partial charge in [-0.3, -0.25) is 9.59 Å². The van der Waals surface area contributed by atoms with Crippen LogP contribution < -0.4 is 5.32 Å². The van der Waals surface area contributed by atoms with Crippen molar-refractivity contribution in [2.75, 3.05) is 20.2 Å². The van der Waals surface area contributed by atoms with E-state index in [0.717, 1.165) is 29.7 Å². The maximum Gasteiger partial charge on any atom is 0.337 e. The number of nitrogens with one attached hydrogen (secondary N) is 1. The minimum absolute atomic E-state index is 0.0518. The Balaban J connectivity index is 2.04. The molecule has 1 amide bonds. The van der Waals surface area contributed by atoms with E-state index in [1.54, 1.807) is 0 Å². The highest BCUT2D eigenvalue weighted by Gasteiger charge is 2.46. The van der Waals surface area contributed by atoms with Crippen molar-refractivity contribution in [2.24, 2.45) is 0 Å². The third-order valence-electron chi connectivity index (χ3n) is 5.60. The van der Waals surface area contributed by atoms with Crippen molar-refractivity contribution >= 4 is 17.7 Å². The van der Waals surface area contributed by atoms with Gasteiger partial charge in [-0.1, -0.05) is 24.3 Å². The van der Waals surface area contributed by atoms with Gasteiger partial charge in [0.15, 0.2) is 5.78 Å². The number of fused-ring (bicyclic) bond motifs is 2. The smallest absolute Gasteiger partial charge is 0.337 e. The zero-order valence-electron chi connectivity index (χ0n) is 15.5. The second-order valence-electron chi connectivity index (χ2n) is 7.09. The number of nitrogens with zero attached hydrogens (tertiary/aromatic N) is 1. The fourth-order valence-corrected chi connectivity index (χ4v) is 4.42. The number of hydrogen-bond donors (Lipinski definition) is 1. The summed E-state index contributed by atoms with van der Waals surface area (Å²) >= 11 is 0. The molecule has 6 nitrogen and oxygen atoms in total. The lowest BCUT2D eigenvalue weighted by atomic mass is 9.73. The summed E-state index contributed by atoms with van der Waals surface area (Å²) in [6, 6.07) is 7.69. The summed E-state index contributed by atoms with van der Waals surface area (Å²) in [5.74, 6) is -1.37. The van der Waals surface area contributed by atoms with E-state index < -0.39 is 11.9 Å². The Morgan fingerprint density at radius 2 is 2.00 bits per heavy atom. The average molecular weight is 366 g/mol. The zero-order valence-corrected chi connectivity index (χ0v) is 15.5. The summed E-state index contributed by atoms with van der Waals surface area (Å²) in [7, 11) is 1.31. The molecule has 6 heteroatoms. The molecule has 2 aliphatic heterocycles. The van der Waals surface area contributed by atoms with E-state index in [2.05, 4.69) is 5.32 Å². The fourth-order valence-electron chi connectivity index (χ4n) is 4.42. The maximum absolute atomic E-state index is 13.0. The molecular weight excluding hydrogens is 344 g/mol. The highest BCUT2D eigenvalue weighted by atomic mass is 16.5. The van der Waals surface area contributed by atoms with Crippen LogP contribution in [0.5, 0.6) is 0 Å². The summed E-state index contributed by atoms with van der Waals surface area (Å²) in [6.07, 6.45) is 1.96. The van der Waals surface area contributed by atoms with Crippen molar-refractivity contribution in [3.8, 4) is 0 Å². The van der Waals surface area contributed by atoms with Crippen molar-refractivity contribution in [1.29, 1.82) is 0 Å². The molecule has 0 spiro atoms. The van der Waals surface area contributed by atoms with Gasteiger partial charge >= 0.3 is 5.97 Å². The molecule has 27 heavy (non-hydrogen) atoms. The van der Waals surface area contributed by atoms with Crippen molar-refractivity contribution in [3.63, 3.8) is 0 Å². The van der Waals surface area contributed by atoms with Crippen LogP contribution in [0.25, 0.3) is 0 Å². The van der Waals surface area contributed by atoms with E-state index in [1.807, 2.05) is 36.1 Å². The number of Topliss-reactive ketones (excluding diaryl/α,β-unsaturated/α-hetero) is 1. The monoisotopic (exact) mass is 366 g/mol. The first-order valence-electron chi connectivity index (χ1n) is 9.24. The lowest BCUT2D eigenvalue weighted by molar-refractivity contribution is -0.137. The number of carbonyl (C=O) groups excluding carboxylic acids is 3. The van der Waals surface area contributed by atoms with Gasteiger partial charge in [-0.15, -0.1) is 0 Å². The van der Waals surface area contributed by atoms with Crippen molar-refractivity contribution in [1.82, 2.24) is 10.2 Å². The number of ether oxygens (including phenoxy) is 1. The molecule has 3 aliphatic rings. The molecule has 4 rings (SSSR count). The summed E-state index contributed by atoms with van der Waals surface area (Å²) in [5.41, 5.74) is 3.96.